The Hall–Kier alpha value is -4.14. The Bertz CT molecular complexity index is 1620. The Morgan fingerprint density at radius 3 is 2.59 bits per heavy atom. The molecule has 2 aromatic heterocycles. The lowest BCUT2D eigenvalue weighted by atomic mass is 10.1. The van der Waals surface area contributed by atoms with Gasteiger partial charge in [0.05, 0.1) is 29.1 Å². The average Bonchev–Trinajstić information content (AvgIpc) is 3.42. The molecule has 216 valence electrons. The Labute approximate surface area is 242 Å². The first kappa shape index (κ1) is 29.8. The highest BCUT2D eigenvalue weighted by molar-refractivity contribution is 7.90. The molecule has 1 amide bonds. The number of amides is 1. The van der Waals surface area contributed by atoms with E-state index in [0.717, 1.165) is 9.87 Å². The summed E-state index contributed by atoms with van der Waals surface area (Å²) in [5.41, 5.74) is 1.55. The van der Waals surface area contributed by atoms with Crippen molar-refractivity contribution in [3.63, 3.8) is 0 Å². The van der Waals surface area contributed by atoms with Crippen molar-refractivity contribution in [1.82, 2.24) is 24.6 Å². The number of alkyl carbamates (subject to hydrolysis) is 1. The lowest BCUT2D eigenvalue weighted by Crippen LogP contribution is -2.37. The number of anilines is 2. The smallest absolute Gasteiger partial charge is 0.407 e. The van der Waals surface area contributed by atoms with Crippen LogP contribution in [0.1, 0.15) is 13.8 Å². The van der Waals surface area contributed by atoms with Crippen molar-refractivity contribution < 1.29 is 22.3 Å². The van der Waals surface area contributed by atoms with Crippen molar-refractivity contribution in [2.75, 3.05) is 37.3 Å². The second-order valence-corrected chi connectivity index (χ2v) is 11.7. The summed E-state index contributed by atoms with van der Waals surface area (Å²) in [5, 5.41) is 6.37. The maximum absolute atomic E-state index is 15.9. The third-order valence-corrected chi connectivity index (χ3v) is 8.68. The quantitative estimate of drug-likeness (QED) is 0.223. The standard InChI is InChI=1S/C27H30FN7O4S2/c1-5-35(3)41(37,38)34-20-13-9-12-19(22(20)28)23-24(40-25(33-23)18-10-7-6-8-11-18)21-14-15-29-26(32-21)30-16-17(2)31-27(36)39-4/h6-15,17,34H,5,16H2,1-4H3,(H,31,36)(H,29,30,32)/t17-/m0/s1. The summed E-state index contributed by atoms with van der Waals surface area (Å²) >= 11 is 1.32. The molecule has 0 aliphatic carbocycles. The predicted molar refractivity (Wildman–Crippen MR) is 158 cm³/mol. The van der Waals surface area contributed by atoms with E-state index in [1.165, 1.54) is 31.6 Å². The summed E-state index contributed by atoms with van der Waals surface area (Å²) in [6, 6.07) is 15.3. The molecule has 2 aromatic carbocycles. The number of thiazole rings is 1. The second-order valence-electron chi connectivity index (χ2n) is 8.93. The average molecular weight is 600 g/mol. The van der Waals surface area contributed by atoms with Crippen LogP contribution in [-0.2, 0) is 14.9 Å². The molecule has 0 unspecified atom stereocenters. The zero-order valence-corrected chi connectivity index (χ0v) is 24.5. The first-order valence-corrected chi connectivity index (χ1v) is 14.9. The van der Waals surface area contributed by atoms with E-state index >= 15 is 4.39 Å². The first-order chi connectivity index (χ1) is 19.6. The van der Waals surface area contributed by atoms with Crippen LogP contribution in [0.5, 0.6) is 0 Å². The van der Waals surface area contributed by atoms with Crippen molar-refractivity contribution in [3.8, 4) is 32.4 Å². The van der Waals surface area contributed by atoms with Crippen LogP contribution in [0, 0.1) is 5.82 Å². The molecule has 0 spiro atoms. The van der Waals surface area contributed by atoms with Gasteiger partial charge >= 0.3 is 16.3 Å². The molecule has 0 radical (unpaired) electrons. The number of methoxy groups -OCH3 is 1. The molecule has 1 atom stereocenters. The Morgan fingerprint density at radius 1 is 1.12 bits per heavy atom. The first-order valence-electron chi connectivity index (χ1n) is 12.6. The molecule has 4 aromatic rings. The molecule has 41 heavy (non-hydrogen) atoms. The Balaban J connectivity index is 1.75. The molecule has 3 N–H and O–H groups in total. The molecule has 4 rings (SSSR count). The summed E-state index contributed by atoms with van der Waals surface area (Å²) < 4.78 is 49.2. The van der Waals surface area contributed by atoms with Gasteiger partial charge in [-0.2, -0.15) is 12.7 Å². The fourth-order valence-corrected chi connectivity index (χ4v) is 5.67. The Kier molecular flexibility index (Phi) is 9.47. The fraction of sp³-hybridized carbons (Fsp3) is 0.259. The SMILES string of the molecule is CCN(C)S(=O)(=O)Nc1cccc(-c2nc(-c3ccccc3)sc2-c2ccnc(NC[C@H](C)NC(=O)OC)n2)c1F. The van der Waals surface area contributed by atoms with Crippen LogP contribution in [0.25, 0.3) is 32.4 Å². The highest BCUT2D eigenvalue weighted by Crippen LogP contribution is 2.41. The van der Waals surface area contributed by atoms with Crippen LogP contribution >= 0.6 is 11.3 Å². The molecule has 2 heterocycles. The van der Waals surface area contributed by atoms with Gasteiger partial charge in [0.1, 0.15) is 5.01 Å². The maximum Gasteiger partial charge on any atom is 0.407 e. The largest absolute Gasteiger partial charge is 0.453 e. The molecule has 0 saturated carbocycles. The van der Waals surface area contributed by atoms with E-state index in [9.17, 15) is 13.2 Å². The van der Waals surface area contributed by atoms with E-state index in [4.69, 9.17) is 4.98 Å². The molecule has 0 aliphatic rings. The van der Waals surface area contributed by atoms with Crippen LogP contribution in [0.3, 0.4) is 0 Å². The fourth-order valence-electron chi connectivity index (χ4n) is 3.69. The lowest BCUT2D eigenvalue weighted by Gasteiger charge is -2.17. The number of carbonyl (C=O) groups excluding carboxylic acids is 1. The Morgan fingerprint density at radius 2 is 1.88 bits per heavy atom. The number of rotatable bonds is 11. The van der Waals surface area contributed by atoms with Gasteiger partial charge in [-0.25, -0.2) is 24.1 Å². The van der Waals surface area contributed by atoms with Gasteiger partial charge < -0.3 is 15.4 Å². The van der Waals surface area contributed by atoms with E-state index in [1.807, 2.05) is 30.3 Å². The molecule has 0 fully saturated rings. The summed E-state index contributed by atoms with van der Waals surface area (Å²) in [6.45, 7) is 4.02. The topological polar surface area (TPSA) is 138 Å². The number of benzene rings is 2. The lowest BCUT2D eigenvalue weighted by molar-refractivity contribution is 0.168. The predicted octanol–water partition coefficient (Wildman–Crippen LogP) is 4.84. The van der Waals surface area contributed by atoms with E-state index in [1.54, 1.807) is 38.2 Å². The molecular formula is C27H30FN7O4S2. The zero-order valence-electron chi connectivity index (χ0n) is 22.9. The van der Waals surface area contributed by atoms with Gasteiger partial charge in [0.15, 0.2) is 5.82 Å². The normalized spacial score (nSPS) is 12.1. The molecule has 11 nitrogen and oxygen atoms in total. The zero-order chi connectivity index (χ0) is 29.6. The van der Waals surface area contributed by atoms with Crippen molar-refractivity contribution in [2.24, 2.45) is 0 Å². The van der Waals surface area contributed by atoms with E-state index < -0.39 is 22.1 Å². The van der Waals surface area contributed by atoms with Gasteiger partial charge in [0.25, 0.3) is 0 Å². The number of halogens is 1. The third kappa shape index (κ3) is 7.14. The van der Waals surface area contributed by atoms with Crippen LogP contribution in [0.4, 0.5) is 20.8 Å². The number of ether oxygens (including phenoxy) is 1. The van der Waals surface area contributed by atoms with Crippen molar-refractivity contribution >= 4 is 39.3 Å². The van der Waals surface area contributed by atoms with E-state index in [0.29, 0.717) is 33.8 Å². The van der Waals surface area contributed by atoms with Gasteiger partial charge in [-0.05, 0) is 25.1 Å². The molecule has 0 saturated heterocycles. The van der Waals surface area contributed by atoms with Crippen LogP contribution in [0.2, 0.25) is 0 Å². The molecule has 14 heteroatoms. The third-order valence-electron chi connectivity index (χ3n) is 6.00. The van der Waals surface area contributed by atoms with E-state index in [-0.39, 0.29) is 23.8 Å². The van der Waals surface area contributed by atoms with Gasteiger partial charge in [0, 0.05) is 43.5 Å². The summed E-state index contributed by atoms with van der Waals surface area (Å²) in [5.74, 6) is -0.465. The number of hydrogen-bond acceptors (Lipinski definition) is 9. The molecule has 0 bridgehead atoms. The summed E-state index contributed by atoms with van der Waals surface area (Å²) in [7, 11) is -1.26. The highest BCUT2D eigenvalue weighted by atomic mass is 32.2. The molecular weight excluding hydrogens is 569 g/mol. The van der Waals surface area contributed by atoms with Crippen molar-refractivity contribution in [1.29, 1.82) is 0 Å². The highest BCUT2D eigenvalue weighted by Gasteiger charge is 2.24. The van der Waals surface area contributed by atoms with Crippen LogP contribution in [-0.4, -0.2) is 67.1 Å². The number of aromatic nitrogens is 3. The minimum absolute atomic E-state index is 0.113. The van der Waals surface area contributed by atoms with Gasteiger partial charge in [-0.3, -0.25) is 4.72 Å². The van der Waals surface area contributed by atoms with Gasteiger partial charge in [0.2, 0.25) is 5.95 Å². The monoisotopic (exact) mass is 599 g/mol. The van der Waals surface area contributed by atoms with E-state index in [2.05, 4.69) is 30.1 Å². The van der Waals surface area contributed by atoms with Crippen LogP contribution < -0.4 is 15.4 Å². The number of nitrogens with one attached hydrogen (secondary N) is 3. The summed E-state index contributed by atoms with van der Waals surface area (Å²) in [4.78, 5) is 25.7. The maximum atomic E-state index is 15.9. The van der Waals surface area contributed by atoms with Gasteiger partial charge in [-0.15, -0.1) is 11.3 Å². The number of carbonyl (C=O) groups is 1. The number of nitrogens with zero attached hydrogens (tertiary/aromatic N) is 4. The van der Waals surface area contributed by atoms with Crippen LogP contribution in [0.15, 0.2) is 60.8 Å². The second kappa shape index (κ2) is 13.0. The minimum Gasteiger partial charge on any atom is -0.453 e. The number of hydrogen-bond donors (Lipinski definition) is 3. The van der Waals surface area contributed by atoms with Crippen molar-refractivity contribution in [2.45, 2.75) is 19.9 Å². The summed E-state index contributed by atoms with van der Waals surface area (Å²) in [6.07, 6.45) is 1.01. The molecule has 0 aliphatic heterocycles. The van der Waals surface area contributed by atoms with Crippen molar-refractivity contribution in [3.05, 3.63) is 66.6 Å². The van der Waals surface area contributed by atoms with Gasteiger partial charge in [-0.1, -0.05) is 43.3 Å². The minimum atomic E-state index is -3.95.